The highest BCUT2D eigenvalue weighted by atomic mass is 79.9. The summed E-state index contributed by atoms with van der Waals surface area (Å²) < 4.78 is 1.22. The normalized spacial score (nSPS) is 11.5. The lowest BCUT2D eigenvalue weighted by atomic mass is 10.3. The van der Waals surface area contributed by atoms with Crippen molar-refractivity contribution >= 4 is 44.9 Å². The van der Waals surface area contributed by atoms with Crippen LogP contribution in [-0.2, 0) is 11.3 Å². The predicted octanol–water partition coefficient (Wildman–Crippen LogP) is 3.66. The summed E-state index contributed by atoms with van der Waals surface area (Å²) in [7, 11) is 0. The fourth-order valence-corrected chi connectivity index (χ4v) is 3.02. The molecule has 1 aromatic rings. The molecule has 0 unspecified atom stereocenters. The number of carbonyl (C=O) groups excluding carboxylic acids is 1. The fraction of sp³-hybridized carbons (Fsp3) is 0.545. The van der Waals surface area contributed by atoms with E-state index in [-0.39, 0.29) is 10.7 Å². The van der Waals surface area contributed by atoms with Crippen LogP contribution in [0.1, 0.15) is 25.6 Å². The number of rotatable bonds is 4. The molecule has 1 aromatic heterocycles. The van der Waals surface area contributed by atoms with Crippen LogP contribution in [0.4, 0.5) is 0 Å². The molecule has 0 fully saturated rings. The number of hydrogen-bond donors (Lipinski definition) is 1. The Labute approximate surface area is 113 Å². The van der Waals surface area contributed by atoms with Gasteiger partial charge in [-0.15, -0.1) is 23.1 Å². The van der Waals surface area contributed by atoms with Gasteiger partial charge in [0.15, 0.2) is 0 Å². The molecule has 1 amide bonds. The van der Waals surface area contributed by atoms with Gasteiger partial charge in [0.05, 0.1) is 12.3 Å². The van der Waals surface area contributed by atoms with E-state index in [2.05, 4.69) is 42.0 Å². The third kappa shape index (κ3) is 5.92. The van der Waals surface area contributed by atoms with E-state index < -0.39 is 0 Å². The average Bonchev–Trinajstić information content (AvgIpc) is 2.57. The molecule has 1 N–H and O–H groups in total. The van der Waals surface area contributed by atoms with Crippen LogP contribution in [0.25, 0.3) is 0 Å². The molecule has 0 atom stereocenters. The Bertz CT molecular complexity index is 357. The number of carbonyl (C=O) groups is 1. The van der Waals surface area contributed by atoms with Crippen LogP contribution in [0, 0.1) is 0 Å². The average molecular weight is 322 g/mol. The Balaban J connectivity index is 2.25. The van der Waals surface area contributed by atoms with Gasteiger partial charge in [-0.1, -0.05) is 20.8 Å². The highest BCUT2D eigenvalue weighted by Gasteiger charge is 2.13. The van der Waals surface area contributed by atoms with E-state index in [1.54, 1.807) is 23.1 Å². The van der Waals surface area contributed by atoms with Crippen molar-refractivity contribution in [1.29, 1.82) is 0 Å². The van der Waals surface area contributed by atoms with Gasteiger partial charge in [-0.3, -0.25) is 4.79 Å². The Morgan fingerprint density at radius 3 is 2.75 bits per heavy atom. The highest BCUT2D eigenvalue weighted by Crippen LogP contribution is 2.23. The SMILES string of the molecule is CC(C)(C)SCC(=O)NCc1cc(Br)cs1. The molecule has 1 rings (SSSR count). The number of thioether (sulfide) groups is 1. The van der Waals surface area contributed by atoms with Crippen LogP contribution in [0.15, 0.2) is 15.9 Å². The van der Waals surface area contributed by atoms with Gasteiger partial charge in [0.1, 0.15) is 0 Å². The lowest BCUT2D eigenvalue weighted by Crippen LogP contribution is -2.26. The second-order valence-electron chi connectivity index (χ2n) is 4.41. The smallest absolute Gasteiger partial charge is 0.230 e. The molecule has 1 heterocycles. The number of halogens is 1. The van der Waals surface area contributed by atoms with Crippen molar-refractivity contribution < 1.29 is 4.79 Å². The summed E-state index contributed by atoms with van der Waals surface area (Å²) in [6.07, 6.45) is 0. The van der Waals surface area contributed by atoms with Gasteiger partial charge < -0.3 is 5.32 Å². The summed E-state index contributed by atoms with van der Waals surface area (Å²) in [6.45, 7) is 6.96. The van der Waals surface area contributed by atoms with Crippen LogP contribution in [0.5, 0.6) is 0 Å². The summed E-state index contributed by atoms with van der Waals surface area (Å²) in [4.78, 5) is 12.7. The van der Waals surface area contributed by atoms with Crippen LogP contribution in [0.3, 0.4) is 0 Å². The molecule has 0 saturated heterocycles. The molecule has 0 aromatic carbocycles. The zero-order valence-electron chi connectivity index (χ0n) is 9.67. The molecule has 2 nitrogen and oxygen atoms in total. The van der Waals surface area contributed by atoms with E-state index in [1.807, 2.05) is 11.4 Å². The first-order valence-electron chi connectivity index (χ1n) is 5.00. The Hall–Kier alpha value is -0.0000000000000000833. The zero-order chi connectivity index (χ0) is 12.2. The molecule has 0 radical (unpaired) electrons. The van der Waals surface area contributed by atoms with Crippen molar-refractivity contribution in [3.63, 3.8) is 0 Å². The maximum atomic E-state index is 11.5. The topological polar surface area (TPSA) is 29.1 Å². The molecular formula is C11H16BrNOS2. The summed E-state index contributed by atoms with van der Waals surface area (Å²) in [5.41, 5.74) is 0. The monoisotopic (exact) mass is 321 g/mol. The lowest BCUT2D eigenvalue weighted by molar-refractivity contribution is -0.118. The van der Waals surface area contributed by atoms with E-state index in [0.29, 0.717) is 12.3 Å². The highest BCUT2D eigenvalue weighted by molar-refractivity contribution is 9.10. The second-order valence-corrected chi connectivity index (χ2v) is 8.12. The summed E-state index contributed by atoms with van der Waals surface area (Å²) in [6, 6.07) is 2.03. The van der Waals surface area contributed by atoms with E-state index in [4.69, 9.17) is 0 Å². The first-order valence-corrected chi connectivity index (χ1v) is 7.66. The van der Waals surface area contributed by atoms with E-state index >= 15 is 0 Å². The van der Waals surface area contributed by atoms with E-state index in [0.717, 1.165) is 4.47 Å². The predicted molar refractivity (Wildman–Crippen MR) is 76.1 cm³/mol. The van der Waals surface area contributed by atoms with Gasteiger partial charge in [0, 0.05) is 19.5 Å². The minimum Gasteiger partial charge on any atom is -0.350 e. The molecule has 0 saturated carbocycles. The van der Waals surface area contributed by atoms with Crippen LogP contribution in [0.2, 0.25) is 0 Å². The van der Waals surface area contributed by atoms with Crippen molar-refractivity contribution in [1.82, 2.24) is 5.32 Å². The van der Waals surface area contributed by atoms with Crippen LogP contribution < -0.4 is 5.32 Å². The Morgan fingerprint density at radius 1 is 1.56 bits per heavy atom. The number of hydrogen-bond acceptors (Lipinski definition) is 3. The summed E-state index contributed by atoms with van der Waals surface area (Å²) in [5.74, 6) is 0.625. The quantitative estimate of drug-likeness (QED) is 0.917. The van der Waals surface area contributed by atoms with E-state index in [9.17, 15) is 4.79 Å². The van der Waals surface area contributed by atoms with Crippen molar-refractivity contribution in [3.05, 3.63) is 20.8 Å². The first-order chi connectivity index (χ1) is 7.37. The summed E-state index contributed by atoms with van der Waals surface area (Å²) >= 11 is 6.70. The van der Waals surface area contributed by atoms with Crippen LogP contribution in [-0.4, -0.2) is 16.4 Å². The van der Waals surface area contributed by atoms with E-state index in [1.165, 1.54) is 4.88 Å². The Morgan fingerprint density at radius 2 is 2.25 bits per heavy atom. The molecule has 90 valence electrons. The van der Waals surface area contributed by atoms with Gasteiger partial charge in [-0.05, 0) is 22.0 Å². The molecule has 16 heavy (non-hydrogen) atoms. The first kappa shape index (κ1) is 14.1. The third-order valence-electron chi connectivity index (χ3n) is 1.72. The standard InChI is InChI=1S/C11H16BrNOS2/c1-11(2,3)16-7-10(14)13-5-9-4-8(12)6-15-9/h4,6H,5,7H2,1-3H3,(H,13,14). The molecule has 0 bridgehead atoms. The molecule has 0 aliphatic carbocycles. The molecule has 0 spiro atoms. The second kappa shape index (κ2) is 6.07. The molecule has 0 aliphatic heterocycles. The minimum atomic E-state index is 0.101. The zero-order valence-corrected chi connectivity index (χ0v) is 12.9. The maximum absolute atomic E-state index is 11.5. The van der Waals surface area contributed by atoms with Gasteiger partial charge >= 0.3 is 0 Å². The van der Waals surface area contributed by atoms with Gasteiger partial charge in [-0.2, -0.15) is 0 Å². The minimum absolute atomic E-state index is 0.101. The van der Waals surface area contributed by atoms with Crippen molar-refractivity contribution in [2.24, 2.45) is 0 Å². The van der Waals surface area contributed by atoms with Gasteiger partial charge in [0.25, 0.3) is 0 Å². The lowest BCUT2D eigenvalue weighted by Gasteiger charge is -2.16. The summed E-state index contributed by atoms with van der Waals surface area (Å²) in [5, 5.41) is 4.93. The van der Waals surface area contributed by atoms with Gasteiger partial charge in [0.2, 0.25) is 5.91 Å². The van der Waals surface area contributed by atoms with Crippen molar-refractivity contribution in [2.75, 3.05) is 5.75 Å². The molecule has 0 aliphatic rings. The molecule has 5 heteroatoms. The fourth-order valence-electron chi connectivity index (χ4n) is 0.965. The Kier molecular flexibility index (Phi) is 5.34. The van der Waals surface area contributed by atoms with Crippen molar-refractivity contribution in [2.45, 2.75) is 32.1 Å². The largest absolute Gasteiger partial charge is 0.350 e. The number of nitrogens with one attached hydrogen (secondary N) is 1. The molecular weight excluding hydrogens is 306 g/mol. The number of thiophene rings is 1. The third-order valence-corrected chi connectivity index (χ3v) is 4.69. The van der Waals surface area contributed by atoms with Crippen LogP contribution >= 0.6 is 39.0 Å². The number of amides is 1. The van der Waals surface area contributed by atoms with Gasteiger partial charge in [-0.25, -0.2) is 0 Å². The maximum Gasteiger partial charge on any atom is 0.230 e. The van der Waals surface area contributed by atoms with Crippen molar-refractivity contribution in [3.8, 4) is 0 Å².